The van der Waals surface area contributed by atoms with Gasteiger partial charge in [0.15, 0.2) is 5.69 Å². The van der Waals surface area contributed by atoms with Crippen molar-refractivity contribution in [3.05, 3.63) is 34.3 Å². The molecule has 0 saturated heterocycles. The third kappa shape index (κ3) is 3.91. The zero-order valence-corrected chi connectivity index (χ0v) is 12.9. The number of hydrogen-bond donors (Lipinski definition) is 2. The third-order valence-electron chi connectivity index (χ3n) is 2.73. The molecule has 21 heavy (non-hydrogen) atoms. The smallest absolute Gasteiger partial charge is 0.357 e. The molecule has 2 heterocycles. The molecule has 2 rings (SSSR count). The summed E-state index contributed by atoms with van der Waals surface area (Å²) >= 11 is 3.30. The lowest BCUT2D eigenvalue weighted by Gasteiger charge is -2.04. The highest BCUT2D eigenvalue weighted by Crippen LogP contribution is 2.07. The number of halogens is 1. The minimum absolute atomic E-state index is 0.0619. The number of aromatic carboxylic acids is 1. The van der Waals surface area contributed by atoms with Crippen LogP contribution in [-0.4, -0.2) is 43.1 Å². The van der Waals surface area contributed by atoms with Crippen LogP contribution in [0.3, 0.4) is 0 Å². The molecular weight excluding hydrogens is 342 g/mol. The van der Waals surface area contributed by atoms with E-state index < -0.39 is 11.9 Å². The Bertz CT molecular complexity index is 664. The number of aromatic nitrogens is 4. The van der Waals surface area contributed by atoms with Crippen LogP contribution in [0, 0.1) is 0 Å². The summed E-state index contributed by atoms with van der Waals surface area (Å²) in [5.74, 6) is -1.66. The Hall–Kier alpha value is -2.16. The Labute approximate surface area is 128 Å². The summed E-state index contributed by atoms with van der Waals surface area (Å²) in [5.41, 5.74) is -0.183. The summed E-state index contributed by atoms with van der Waals surface area (Å²) in [7, 11) is 1.57. The van der Waals surface area contributed by atoms with Gasteiger partial charge in [-0.2, -0.15) is 10.2 Å². The van der Waals surface area contributed by atoms with Crippen molar-refractivity contribution in [1.82, 2.24) is 24.9 Å². The van der Waals surface area contributed by atoms with Crippen molar-refractivity contribution in [2.24, 2.45) is 7.05 Å². The van der Waals surface area contributed by atoms with Gasteiger partial charge in [-0.3, -0.25) is 14.2 Å². The molecule has 9 heteroatoms. The van der Waals surface area contributed by atoms with Crippen molar-refractivity contribution in [1.29, 1.82) is 0 Å². The molecule has 0 fully saturated rings. The van der Waals surface area contributed by atoms with Crippen LogP contribution in [0.1, 0.15) is 27.3 Å². The van der Waals surface area contributed by atoms with Gasteiger partial charge in [-0.25, -0.2) is 4.79 Å². The Morgan fingerprint density at radius 3 is 2.81 bits per heavy atom. The number of amides is 1. The van der Waals surface area contributed by atoms with Gasteiger partial charge in [-0.15, -0.1) is 0 Å². The summed E-state index contributed by atoms with van der Waals surface area (Å²) < 4.78 is 3.95. The number of rotatable bonds is 6. The van der Waals surface area contributed by atoms with E-state index in [9.17, 15) is 9.59 Å². The van der Waals surface area contributed by atoms with Crippen LogP contribution in [0.4, 0.5) is 0 Å². The number of carboxylic acid groups (broad SMARTS) is 1. The van der Waals surface area contributed by atoms with Gasteiger partial charge < -0.3 is 10.4 Å². The first-order valence-corrected chi connectivity index (χ1v) is 7.00. The second-order valence-electron chi connectivity index (χ2n) is 4.40. The first kappa shape index (κ1) is 15.2. The molecule has 0 unspecified atom stereocenters. The summed E-state index contributed by atoms with van der Waals surface area (Å²) in [6.45, 7) is 1.08. The van der Waals surface area contributed by atoms with E-state index in [1.54, 1.807) is 17.9 Å². The maximum atomic E-state index is 11.9. The van der Waals surface area contributed by atoms with Crippen molar-refractivity contribution < 1.29 is 14.7 Å². The van der Waals surface area contributed by atoms with Crippen LogP contribution in [0.2, 0.25) is 0 Å². The molecule has 2 aromatic rings. The second kappa shape index (κ2) is 6.53. The quantitative estimate of drug-likeness (QED) is 0.749. The summed E-state index contributed by atoms with van der Waals surface area (Å²) in [5, 5.41) is 19.5. The van der Waals surface area contributed by atoms with E-state index in [-0.39, 0.29) is 11.3 Å². The average molecular weight is 356 g/mol. The first-order valence-electron chi connectivity index (χ1n) is 6.20. The van der Waals surface area contributed by atoms with E-state index in [0.29, 0.717) is 19.5 Å². The van der Waals surface area contributed by atoms with E-state index in [2.05, 4.69) is 31.4 Å². The number of carbonyl (C=O) groups excluding carboxylic acids is 1. The second-order valence-corrected chi connectivity index (χ2v) is 5.32. The fraction of sp³-hybridized carbons (Fsp3) is 0.333. The van der Waals surface area contributed by atoms with Crippen LogP contribution < -0.4 is 5.32 Å². The molecule has 2 N–H and O–H groups in total. The fourth-order valence-corrected chi connectivity index (χ4v) is 2.14. The lowest BCUT2D eigenvalue weighted by atomic mass is 10.2. The fourth-order valence-electron chi connectivity index (χ4n) is 1.81. The largest absolute Gasteiger partial charge is 0.476 e. The van der Waals surface area contributed by atoms with Gasteiger partial charge in [0, 0.05) is 32.5 Å². The van der Waals surface area contributed by atoms with E-state index in [0.717, 1.165) is 4.47 Å². The molecule has 0 aliphatic rings. The summed E-state index contributed by atoms with van der Waals surface area (Å²) in [6, 6.07) is 0. The minimum atomic E-state index is -1.22. The Morgan fingerprint density at radius 1 is 1.43 bits per heavy atom. The zero-order chi connectivity index (χ0) is 15.4. The summed E-state index contributed by atoms with van der Waals surface area (Å²) in [4.78, 5) is 22.9. The Morgan fingerprint density at radius 2 is 2.19 bits per heavy atom. The van der Waals surface area contributed by atoms with Crippen molar-refractivity contribution in [2.45, 2.75) is 13.0 Å². The van der Waals surface area contributed by atoms with Crippen molar-refractivity contribution >= 4 is 27.8 Å². The first-order chi connectivity index (χ1) is 9.97. The molecule has 0 radical (unpaired) electrons. The SMILES string of the molecule is Cn1cc(C(=O)NCCCn2cc(Br)cn2)c(C(=O)O)n1. The average Bonchev–Trinajstić information content (AvgIpc) is 3.00. The van der Waals surface area contributed by atoms with Crippen molar-refractivity contribution in [3.8, 4) is 0 Å². The maximum absolute atomic E-state index is 11.9. The predicted molar refractivity (Wildman–Crippen MR) is 77.0 cm³/mol. The highest BCUT2D eigenvalue weighted by Gasteiger charge is 2.20. The molecule has 0 aliphatic heterocycles. The molecule has 112 valence electrons. The minimum Gasteiger partial charge on any atom is -0.476 e. The van der Waals surface area contributed by atoms with Crippen LogP contribution in [0.15, 0.2) is 23.1 Å². The number of hydrogen-bond acceptors (Lipinski definition) is 4. The maximum Gasteiger partial charge on any atom is 0.357 e. The van der Waals surface area contributed by atoms with Gasteiger partial charge in [-0.1, -0.05) is 0 Å². The topological polar surface area (TPSA) is 102 Å². The van der Waals surface area contributed by atoms with Gasteiger partial charge >= 0.3 is 5.97 Å². The number of nitrogens with zero attached hydrogens (tertiary/aromatic N) is 4. The molecule has 0 aromatic carbocycles. The molecule has 0 atom stereocenters. The van der Waals surface area contributed by atoms with Gasteiger partial charge in [0.1, 0.15) is 0 Å². The monoisotopic (exact) mass is 355 g/mol. The lowest BCUT2D eigenvalue weighted by Crippen LogP contribution is -2.26. The highest BCUT2D eigenvalue weighted by atomic mass is 79.9. The van der Waals surface area contributed by atoms with Gasteiger partial charge in [-0.05, 0) is 22.4 Å². The molecule has 8 nitrogen and oxygen atoms in total. The third-order valence-corrected chi connectivity index (χ3v) is 3.14. The number of nitrogens with one attached hydrogen (secondary N) is 1. The number of aryl methyl sites for hydroxylation is 2. The summed E-state index contributed by atoms with van der Waals surface area (Å²) in [6.07, 6.45) is 5.60. The number of carboxylic acids is 1. The van der Waals surface area contributed by atoms with E-state index in [1.165, 1.54) is 10.9 Å². The molecule has 2 aromatic heterocycles. The molecule has 1 amide bonds. The van der Waals surface area contributed by atoms with E-state index in [4.69, 9.17) is 5.11 Å². The van der Waals surface area contributed by atoms with Gasteiger partial charge in [0.2, 0.25) is 0 Å². The zero-order valence-electron chi connectivity index (χ0n) is 11.3. The van der Waals surface area contributed by atoms with Crippen LogP contribution in [-0.2, 0) is 13.6 Å². The molecule has 0 spiro atoms. The predicted octanol–water partition coefficient (Wildman–Crippen LogP) is 0.897. The van der Waals surface area contributed by atoms with Crippen molar-refractivity contribution in [2.75, 3.05) is 6.54 Å². The molecule has 0 bridgehead atoms. The Balaban J connectivity index is 1.86. The van der Waals surface area contributed by atoms with Gasteiger partial charge in [0.25, 0.3) is 5.91 Å². The van der Waals surface area contributed by atoms with E-state index in [1.807, 2.05) is 6.20 Å². The van der Waals surface area contributed by atoms with Gasteiger partial charge in [0.05, 0.1) is 16.2 Å². The standard InChI is InChI=1S/C12H14BrN5O3/c1-17-7-9(10(16-17)12(20)21)11(19)14-3-2-4-18-6-8(13)5-15-18/h5-7H,2-4H2,1H3,(H,14,19)(H,20,21). The normalized spacial score (nSPS) is 10.6. The molecule has 0 saturated carbocycles. The molecular formula is C12H14BrN5O3. The van der Waals surface area contributed by atoms with Crippen molar-refractivity contribution in [3.63, 3.8) is 0 Å². The van der Waals surface area contributed by atoms with Crippen LogP contribution >= 0.6 is 15.9 Å². The van der Waals surface area contributed by atoms with Crippen LogP contribution in [0.5, 0.6) is 0 Å². The Kier molecular flexibility index (Phi) is 4.73. The lowest BCUT2D eigenvalue weighted by molar-refractivity contribution is 0.0684. The highest BCUT2D eigenvalue weighted by molar-refractivity contribution is 9.10. The van der Waals surface area contributed by atoms with Crippen LogP contribution in [0.25, 0.3) is 0 Å². The number of carbonyl (C=O) groups is 2. The molecule has 0 aliphatic carbocycles. The van der Waals surface area contributed by atoms with E-state index >= 15 is 0 Å².